The number of methoxy groups -OCH3 is 1. The molecule has 0 bridgehead atoms. The summed E-state index contributed by atoms with van der Waals surface area (Å²) >= 11 is 0. The van der Waals surface area contributed by atoms with Gasteiger partial charge in [0.25, 0.3) is 0 Å². The molecule has 0 atom stereocenters. The van der Waals surface area contributed by atoms with Gasteiger partial charge in [-0.25, -0.2) is 4.39 Å². The van der Waals surface area contributed by atoms with Crippen LogP contribution in [0.3, 0.4) is 0 Å². The molecule has 0 radical (unpaired) electrons. The van der Waals surface area contributed by atoms with E-state index in [1.165, 1.54) is 19.2 Å². The highest BCUT2D eigenvalue weighted by molar-refractivity contribution is 6.42. The van der Waals surface area contributed by atoms with E-state index < -0.39 is 17.4 Å². The van der Waals surface area contributed by atoms with Crippen LogP contribution in [0.4, 0.5) is 4.39 Å². The van der Waals surface area contributed by atoms with Gasteiger partial charge >= 0.3 is 0 Å². The zero-order valence-electron chi connectivity index (χ0n) is 7.83. The summed E-state index contributed by atoms with van der Waals surface area (Å²) in [5.74, 6) is -1.95. The average molecular weight is 196 g/mol. The topological polar surface area (TPSA) is 43.4 Å². The molecular weight excluding hydrogens is 187 g/mol. The molecule has 0 aliphatic carbocycles. The van der Waals surface area contributed by atoms with Crippen LogP contribution in [-0.2, 0) is 4.79 Å². The maximum atomic E-state index is 13.2. The molecular formula is C10H9FO3. The van der Waals surface area contributed by atoms with Crippen LogP contribution in [0.1, 0.15) is 17.3 Å². The number of ketones is 2. The smallest absolute Gasteiger partial charge is 0.231 e. The Balaban J connectivity index is 3.12. The number of ether oxygens (including phenoxy) is 1. The van der Waals surface area contributed by atoms with Crippen LogP contribution < -0.4 is 4.74 Å². The predicted molar refractivity (Wildman–Crippen MR) is 48.0 cm³/mol. The molecule has 4 heteroatoms. The standard InChI is InChI=1S/C10H9FO3/c1-6(12)10(13)8-4-3-7(14-2)5-9(8)11/h3-5H,1-2H3. The molecule has 74 valence electrons. The van der Waals surface area contributed by atoms with E-state index in [-0.39, 0.29) is 5.56 Å². The number of rotatable bonds is 3. The minimum absolute atomic E-state index is 0.224. The molecule has 0 fully saturated rings. The monoisotopic (exact) mass is 196 g/mol. The number of benzene rings is 1. The van der Waals surface area contributed by atoms with E-state index in [0.29, 0.717) is 5.75 Å². The molecule has 0 spiro atoms. The molecule has 1 rings (SSSR count). The van der Waals surface area contributed by atoms with Crippen LogP contribution >= 0.6 is 0 Å². The average Bonchev–Trinajstić information content (AvgIpc) is 2.16. The number of carbonyl (C=O) groups excluding carboxylic acids is 2. The minimum Gasteiger partial charge on any atom is -0.497 e. The predicted octanol–water partition coefficient (Wildman–Crippen LogP) is 1.61. The second kappa shape index (κ2) is 4.00. The van der Waals surface area contributed by atoms with Crippen molar-refractivity contribution in [2.24, 2.45) is 0 Å². The van der Waals surface area contributed by atoms with Gasteiger partial charge < -0.3 is 4.74 Å². The van der Waals surface area contributed by atoms with Crippen molar-refractivity contribution in [3.63, 3.8) is 0 Å². The summed E-state index contributed by atoms with van der Waals surface area (Å²) < 4.78 is 17.9. The minimum atomic E-state index is -0.829. The van der Waals surface area contributed by atoms with Crippen molar-refractivity contribution in [2.75, 3.05) is 7.11 Å². The molecule has 0 aliphatic heterocycles. The highest BCUT2D eigenvalue weighted by Gasteiger charge is 2.16. The first-order chi connectivity index (χ1) is 6.56. The van der Waals surface area contributed by atoms with Crippen LogP contribution in [0.15, 0.2) is 18.2 Å². The van der Waals surface area contributed by atoms with Crippen LogP contribution in [0.25, 0.3) is 0 Å². The fourth-order valence-corrected chi connectivity index (χ4v) is 0.997. The maximum Gasteiger partial charge on any atom is 0.231 e. The summed E-state index contributed by atoms with van der Waals surface area (Å²) in [7, 11) is 1.39. The van der Waals surface area contributed by atoms with Crippen molar-refractivity contribution in [2.45, 2.75) is 6.92 Å². The molecule has 0 saturated heterocycles. The van der Waals surface area contributed by atoms with E-state index in [1.807, 2.05) is 0 Å². The van der Waals surface area contributed by atoms with Gasteiger partial charge in [0.05, 0.1) is 12.7 Å². The van der Waals surface area contributed by atoms with E-state index in [1.54, 1.807) is 0 Å². The Hall–Kier alpha value is -1.71. The molecule has 14 heavy (non-hydrogen) atoms. The molecule has 1 aromatic carbocycles. The Bertz CT molecular complexity index is 385. The summed E-state index contributed by atoms with van der Waals surface area (Å²) in [4.78, 5) is 21.8. The number of hydrogen-bond acceptors (Lipinski definition) is 3. The first-order valence-electron chi connectivity index (χ1n) is 3.95. The van der Waals surface area contributed by atoms with Crippen molar-refractivity contribution in [3.8, 4) is 5.75 Å². The molecule has 3 nitrogen and oxygen atoms in total. The third kappa shape index (κ3) is 1.96. The van der Waals surface area contributed by atoms with E-state index in [4.69, 9.17) is 4.74 Å². The lowest BCUT2D eigenvalue weighted by Gasteiger charge is -2.02. The fourth-order valence-electron chi connectivity index (χ4n) is 0.997. The lowest BCUT2D eigenvalue weighted by atomic mass is 10.1. The Labute approximate surface area is 80.5 Å². The van der Waals surface area contributed by atoms with Crippen molar-refractivity contribution in [1.82, 2.24) is 0 Å². The van der Waals surface area contributed by atoms with Crippen molar-refractivity contribution in [3.05, 3.63) is 29.6 Å². The third-order valence-corrected chi connectivity index (χ3v) is 1.74. The summed E-state index contributed by atoms with van der Waals surface area (Å²) in [6.07, 6.45) is 0. The normalized spacial score (nSPS) is 9.64. The van der Waals surface area contributed by atoms with E-state index in [0.717, 1.165) is 13.0 Å². The fraction of sp³-hybridized carbons (Fsp3) is 0.200. The number of hydrogen-bond donors (Lipinski definition) is 0. The first kappa shape index (κ1) is 10.4. The molecule has 0 unspecified atom stereocenters. The number of Topliss-reactive ketones (excluding diaryl/α,β-unsaturated/α-hetero) is 2. The van der Waals surface area contributed by atoms with Gasteiger partial charge in [-0.05, 0) is 12.1 Å². The molecule has 0 aromatic heterocycles. The molecule has 0 aliphatic rings. The first-order valence-corrected chi connectivity index (χ1v) is 3.95. The van der Waals surface area contributed by atoms with Gasteiger partial charge in [0.1, 0.15) is 11.6 Å². The van der Waals surface area contributed by atoms with Gasteiger partial charge in [0.15, 0.2) is 5.78 Å². The van der Waals surface area contributed by atoms with E-state index >= 15 is 0 Å². The molecule has 0 N–H and O–H groups in total. The van der Waals surface area contributed by atoms with Crippen LogP contribution in [0.2, 0.25) is 0 Å². The summed E-state index contributed by atoms with van der Waals surface area (Å²) in [6.45, 7) is 1.10. The van der Waals surface area contributed by atoms with Gasteiger partial charge in [-0.2, -0.15) is 0 Å². The molecule has 1 aromatic rings. The number of halogens is 1. The SMILES string of the molecule is COc1ccc(C(=O)C(C)=O)c(F)c1. The van der Waals surface area contributed by atoms with Gasteiger partial charge in [-0.3, -0.25) is 9.59 Å². The zero-order chi connectivity index (χ0) is 10.7. The molecule has 0 amide bonds. The van der Waals surface area contributed by atoms with Crippen LogP contribution in [0.5, 0.6) is 5.75 Å². The molecule has 0 heterocycles. The Kier molecular flexibility index (Phi) is 2.96. The quantitative estimate of drug-likeness (QED) is 0.544. The Morgan fingerprint density at radius 3 is 2.43 bits per heavy atom. The van der Waals surface area contributed by atoms with Crippen LogP contribution in [-0.4, -0.2) is 18.7 Å². The lowest BCUT2D eigenvalue weighted by molar-refractivity contribution is -0.113. The summed E-state index contributed by atoms with van der Waals surface area (Å²) in [5, 5.41) is 0. The highest BCUT2D eigenvalue weighted by Crippen LogP contribution is 2.16. The highest BCUT2D eigenvalue weighted by atomic mass is 19.1. The second-order valence-corrected chi connectivity index (χ2v) is 2.73. The van der Waals surface area contributed by atoms with Gasteiger partial charge in [0, 0.05) is 13.0 Å². The van der Waals surface area contributed by atoms with Crippen molar-refractivity contribution < 1.29 is 18.7 Å². The van der Waals surface area contributed by atoms with Gasteiger partial charge in [-0.15, -0.1) is 0 Å². The summed E-state index contributed by atoms with van der Waals surface area (Å²) in [6, 6.07) is 3.73. The Morgan fingerprint density at radius 2 is 2.00 bits per heavy atom. The van der Waals surface area contributed by atoms with E-state index in [9.17, 15) is 14.0 Å². The lowest BCUT2D eigenvalue weighted by Crippen LogP contribution is -2.11. The van der Waals surface area contributed by atoms with E-state index in [2.05, 4.69) is 0 Å². The second-order valence-electron chi connectivity index (χ2n) is 2.73. The third-order valence-electron chi connectivity index (χ3n) is 1.74. The summed E-state index contributed by atoms with van der Waals surface area (Å²) in [5.41, 5.74) is -0.224. The zero-order valence-corrected chi connectivity index (χ0v) is 7.83. The largest absolute Gasteiger partial charge is 0.497 e. The molecule has 0 saturated carbocycles. The van der Waals surface area contributed by atoms with Crippen molar-refractivity contribution >= 4 is 11.6 Å². The van der Waals surface area contributed by atoms with Gasteiger partial charge in [-0.1, -0.05) is 0 Å². The van der Waals surface area contributed by atoms with Crippen molar-refractivity contribution in [1.29, 1.82) is 0 Å². The van der Waals surface area contributed by atoms with Gasteiger partial charge in [0.2, 0.25) is 5.78 Å². The maximum absolute atomic E-state index is 13.2. The van der Waals surface area contributed by atoms with Crippen LogP contribution in [0, 0.1) is 5.82 Å². The number of carbonyl (C=O) groups is 2. The Morgan fingerprint density at radius 1 is 1.36 bits per heavy atom.